The Hall–Kier alpha value is -2.73. The Balaban J connectivity index is 1.42. The minimum Gasteiger partial charge on any atom is -0.394 e. The number of aryl methyl sites for hydroxylation is 2. The number of hydrogen-bond donors (Lipinski definition) is 1. The lowest BCUT2D eigenvalue weighted by Crippen LogP contribution is -2.42. The number of rotatable bonds is 6. The van der Waals surface area contributed by atoms with E-state index in [0.29, 0.717) is 11.7 Å². The van der Waals surface area contributed by atoms with Gasteiger partial charge < -0.3 is 14.5 Å². The van der Waals surface area contributed by atoms with Crippen molar-refractivity contribution in [2.75, 3.05) is 18.1 Å². The van der Waals surface area contributed by atoms with Crippen molar-refractivity contribution in [1.82, 2.24) is 15.1 Å². The molecule has 0 radical (unpaired) electrons. The van der Waals surface area contributed by atoms with Crippen LogP contribution in [-0.4, -0.2) is 39.4 Å². The van der Waals surface area contributed by atoms with Gasteiger partial charge in [-0.1, -0.05) is 35.5 Å². The summed E-state index contributed by atoms with van der Waals surface area (Å²) >= 11 is 0. The van der Waals surface area contributed by atoms with Crippen molar-refractivity contribution in [1.29, 1.82) is 0 Å². The molecular formula is C21H24N4O2. The fraction of sp³-hybridized carbons (Fsp3) is 0.381. The van der Waals surface area contributed by atoms with E-state index in [0.717, 1.165) is 50.0 Å². The van der Waals surface area contributed by atoms with Crippen LogP contribution >= 0.6 is 0 Å². The minimum absolute atomic E-state index is 0.157. The number of pyridine rings is 1. The number of aliphatic hydroxyl groups is 1. The molecule has 6 heteroatoms. The molecule has 1 atom stereocenters. The van der Waals surface area contributed by atoms with Gasteiger partial charge >= 0.3 is 0 Å². The number of hydrogen-bond acceptors (Lipinski definition) is 6. The molecule has 2 aromatic heterocycles. The first-order valence-corrected chi connectivity index (χ1v) is 9.54. The molecule has 1 unspecified atom stereocenters. The molecule has 0 bridgehead atoms. The molecule has 1 saturated heterocycles. The summed E-state index contributed by atoms with van der Waals surface area (Å²) in [5.74, 6) is 2.09. The van der Waals surface area contributed by atoms with E-state index in [2.05, 4.69) is 32.2 Å². The van der Waals surface area contributed by atoms with Crippen LogP contribution in [0.5, 0.6) is 0 Å². The lowest BCUT2D eigenvalue weighted by Gasteiger charge is -2.35. The maximum atomic E-state index is 9.59. The van der Waals surface area contributed by atoms with Gasteiger partial charge in [-0.25, -0.2) is 4.98 Å². The van der Waals surface area contributed by atoms with E-state index >= 15 is 0 Å². The van der Waals surface area contributed by atoms with Crippen molar-refractivity contribution in [2.45, 2.75) is 38.1 Å². The molecule has 0 amide bonds. The van der Waals surface area contributed by atoms with Crippen LogP contribution in [0.15, 0.2) is 53.2 Å². The molecule has 27 heavy (non-hydrogen) atoms. The lowest BCUT2D eigenvalue weighted by atomic mass is 10.0. The lowest BCUT2D eigenvalue weighted by molar-refractivity contribution is 0.239. The van der Waals surface area contributed by atoms with Crippen LogP contribution < -0.4 is 4.90 Å². The third kappa shape index (κ3) is 4.17. The largest absolute Gasteiger partial charge is 0.394 e. The number of benzene rings is 1. The van der Waals surface area contributed by atoms with Crippen LogP contribution in [0.1, 0.15) is 30.7 Å². The second-order valence-corrected chi connectivity index (χ2v) is 6.93. The minimum atomic E-state index is 0.157. The first kappa shape index (κ1) is 17.7. The molecule has 3 heterocycles. The standard InChI is InChI=1S/C21H24N4O2/c26-15-18-8-4-5-13-25(18)20-12-10-17(14-22-20)21-23-19(24-27-21)11-9-16-6-2-1-3-7-16/h1-3,6-7,10,12,14,18,26H,4-5,8-9,11,13,15H2. The average Bonchev–Trinajstić information content (AvgIpc) is 3.22. The average molecular weight is 364 g/mol. The summed E-state index contributed by atoms with van der Waals surface area (Å²) in [6, 6.07) is 14.4. The summed E-state index contributed by atoms with van der Waals surface area (Å²) < 4.78 is 5.41. The second kappa shape index (κ2) is 8.31. The summed E-state index contributed by atoms with van der Waals surface area (Å²) in [6.45, 7) is 1.10. The zero-order valence-electron chi connectivity index (χ0n) is 15.3. The number of nitrogens with zero attached hydrogens (tertiary/aromatic N) is 4. The smallest absolute Gasteiger partial charge is 0.259 e. The van der Waals surface area contributed by atoms with Crippen molar-refractivity contribution in [3.05, 3.63) is 60.0 Å². The first-order valence-electron chi connectivity index (χ1n) is 9.54. The van der Waals surface area contributed by atoms with E-state index < -0.39 is 0 Å². The van der Waals surface area contributed by atoms with Crippen LogP contribution in [0.2, 0.25) is 0 Å². The summed E-state index contributed by atoms with van der Waals surface area (Å²) in [5.41, 5.74) is 2.07. The van der Waals surface area contributed by atoms with E-state index in [1.54, 1.807) is 6.20 Å². The van der Waals surface area contributed by atoms with Gasteiger partial charge in [-0.2, -0.15) is 4.98 Å². The van der Waals surface area contributed by atoms with Gasteiger partial charge in [0, 0.05) is 19.2 Å². The van der Waals surface area contributed by atoms with Gasteiger partial charge in [-0.3, -0.25) is 0 Å². The fourth-order valence-electron chi connectivity index (χ4n) is 3.55. The Morgan fingerprint density at radius 3 is 2.74 bits per heavy atom. The molecule has 3 aromatic rings. The molecule has 0 aliphatic carbocycles. The van der Waals surface area contributed by atoms with E-state index in [4.69, 9.17) is 4.52 Å². The molecule has 1 fully saturated rings. The van der Waals surface area contributed by atoms with Gasteiger partial charge in [0.05, 0.1) is 18.2 Å². The van der Waals surface area contributed by atoms with Gasteiger partial charge in [0.15, 0.2) is 5.82 Å². The van der Waals surface area contributed by atoms with Gasteiger partial charge in [0.1, 0.15) is 5.82 Å². The molecule has 0 saturated carbocycles. The van der Waals surface area contributed by atoms with Crippen LogP contribution in [0.25, 0.3) is 11.5 Å². The Labute approximate surface area is 158 Å². The van der Waals surface area contributed by atoms with Gasteiger partial charge in [-0.05, 0) is 43.4 Å². The van der Waals surface area contributed by atoms with E-state index in [1.807, 2.05) is 30.3 Å². The van der Waals surface area contributed by atoms with Gasteiger partial charge in [-0.15, -0.1) is 0 Å². The molecule has 0 spiro atoms. The monoisotopic (exact) mass is 364 g/mol. The van der Waals surface area contributed by atoms with Crippen LogP contribution in [0, 0.1) is 0 Å². The fourth-order valence-corrected chi connectivity index (χ4v) is 3.55. The Morgan fingerprint density at radius 2 is 1.96 bits per heavy atom. The van der Waals surface area contributed by atoms with Crippen molar-refractivity contribution in [3.8, 4) is 11.5 Å². The van der Waals surface area contributed by atoms with Gasteiger partial charge in [0.2, 0.25) is 0 Å². The second-order valence-electron chi connectivity index (χ2n) is 6.93. The van der Waals surface area contributed by atoms with Crippen LogP contribution in [0.4, 0.5) is 5.82 Å². The summed E-state index contributed by atoms with van der Waals surface area (Å²) in [6.07, 6.45) is 6.70. The van der Waals surface area contributed by atoms with Crippen molar-refractivity contribution in [3.63, 3.8) is 0 Å². The highest BCUT2D eigenvalue weighted by atomic mass is 16.5. The quantitative estimate of drug-likeness (QED) is 0.723. The topological polar surface area (TPSA) is 75.3 Å². The predicted molar refractivity (Wildman–Crippen MR) is 103 cm³/mol. The third-order valence-corrected chi connectivity index (χ3v) is 5.08. The molecule has 4 rings (SSSR count). The SMILES string of the molecule is OCC1CCCCN1c1ccc(-c2nc(CCc3ccccc3)no2)cn1. The first-order chi connectivity index (χ1) is 13.3. The molecule has 1 aliphatic rings. The molecule has 6 nitrogen and oxygen atoms in total. The van der Waals surface area contributed by atoms with Crippen molar-refractivity contribution in [2.24, 2.45) is 0 Å². The summed E-state index contributed by atoms with van der Waals surface area (Å²) in [5, 5.41) is 13.7. The zero-order valence-corrected chi connectivity index (χ0v) is 15.3. The Morgan fingerprint density at radius 1 is 1.07 bits per heavy atom. The highest BCUT2D eigenvalue weighted by molar-refractivity contribution is 5.55. The number of piperidine rings is 1. The van der Waals surface area contributed by atoms with Crippen molar-refractivity contribution < 1.29 is 9.63 Å². The van der Waals surface area contributed by atoms with Gasteiger partial charge in [0.25, 0.3) is 5.89 Å². The van der Waals surface area contributed by atoms with E-state index in [-0.39, 0.29) is 12.6 Å². The third-order valence-electron chi connectivity index (χ3n) is 5.08. The van der Waals surface area contributed by atoms with E-state index in [9.17, 15) is 5.11 Å². The summed E-state index contributed by atoms with van der Waals surface area (Å²) in [7, 11) is 0. The molecule has 1 aromatic carbocycles. The van der Waals surface area contributed by atoms with Crippen molar-refractivity contribution >= 4 is 5.82 Å². The number of anilines is 1. The maximum Gasteiger partial charge on any atom is 0.259 e. The zero-order chi connectivity index (χ0) is 18.5. The van der Waals surface area contributed by atoms with Crippen LogP contribution in [-0.2, 0) is 12.8 Å². The number of aromatic nitrogens is 3. The molecule has 140 valence electrons. The Bertz CT molecular complexity index is 848. The molecule has 1 N–H and O–H groups in total. The summed E-state index contributed by atoms with van der Waals surface area (Å²) in [4.78, 5) is 11.3. The Kier molecular flexibility index (Phi) is 5.44. The highest BCUT2D eigenvalue weighted by Gasteiger charge is 2.23. The normalized spacial score (nSPS) is 17.2. The maximum absolute atomic E-state index is 9.59. The molecular weight excluding hydrogens is 340 g/mol. The highest BCUT2D eigenvalue weighted by Crippen LogP contribution is 2.25. The number of aliphatic hydroxyl groups excluding tert-OH is 1. The predicted octanol–water partition coefficient (Wildman–Crippen LogP) is 3.27. The molecule has 1 aliphatic heterocycles. The van der Waals surface area contributed by atoms with Crippen LogP contribution in [0.3, 0.4) is 0 Å². The van der Waals surface area contributed by atoms with E-state index in [1.165, 1.54) is 5.56 Å².